The molecule has 0 aliphatic heterocycles. The van der Waals surface area contributed by atoms with Crippen LogP contribution in [0.1, 0.15) is 27.0 Å². The molecule has 3 rings (SSSR count). The van der Waals surface area contributed by atoms with E-state index in [1.165, 1.54) is 0 Å². The van der Waals surface area contributed by atoms with E-state index in [2.05, 4.69) is 10.5 Å². The number of amides is 1. The Morgan fingerprint density at radius 1 is 1.00 bits per heavy atom. The molecule has 4 nitrogen and oxygen atoms in total. The van der Waals surface area contributed by atoms with E-state index in [1.54, 1.807) is 12.3 Å². The average molecular weight is 344 g/mol. The van der Waals surface area contributed by atoms with Crippen LogP contribution in [0, 0.1) is 6.92 Å². The Hall–Kier alpha value is -3.40. The van der Waals surface area contributed by atoms with E-state index in [-0.39, 0.29) is 5.91 Å². The number of carbonyl (C=O) groups excluding carboxylic acids is 1. The number of hydrogen-bond acceptors (Lipinski definition) is 3. The van der Waals surface area contributed by atoms with Gasteiger partial charge in [0.25, 0.3) is 5.91 Å². The van der Waals surface area contributed by atoms with Crippen molar-refractivity contribution in [2.24, 2.45) is 5.10 Å². The Kier molecular flexibility index (Phi) is 5.78. The second kappa shape index (κ2) is 8.62. The highest BCUT2D eigenvalue weighted by Gasteiger charge is 2.04. The van der Waals surface area contributed by atoms with E-state index < -0.39 is 0 Å². The first kappa shape index (κ1) is 17.4. The molecule has 0 radical (unpaired) electrons. The molecule has 1 amide bonds. The smallest absolute Gasteiger partial charge is 0.271 e. The van der Waals surface area contributed by atoms with Crippen molar-refractivity contribution in [1.29, 1.82) is 0 Å². The minimum Gasteiger partial charge on any atom is -0.488 e. The van der Waals surface area contributed by atoms with Crippen LogP contribution in [0.3, 0.4) is 0 Å². The maximum atomic E-state index is 12.1. The summed E-state index contributed by atoms with van der Waals surface area (Å²) in [4.78, 5) is 12.1. The van der Waals surface area contributed by atoms with Gasteiger partial charge in [-0.1, -0.05) is 60.2 Å². The Balaban J connectivity index is 1.64. The van der Waals surface area contributed by atoms with Gasteiger partial charge in [-0.05, 0) is 36.8 Å². The quantitative estimate of drug-likeness (QED) is 0.534. The first-order chi connectivity index (χ1) is 12.7. The normalized spacial score (nSPS) is 10.7. The van der Waals surface area contributed by atoms with Gasteiger partial charge in [0, 0.05) is 11.1 Å². The molecule has 130 valence electrons. The topological polar surface area (TPSA) is 50.7 Å². The highest BCUT2D eigenvalue weighted by molar-refractivity contribution is 5.95. The van der Waals surface area contributed by atoms with Gasteiger partial charge in [0.05, 0.1) is 6.21 Å². The largest absolute Gasteiger partial charge is 0.488 e. The first-order valence-corrected chi connectivity index (χ1v) is 8.38. The lowest BCUT2D eigenvalue weighted by Gasteiger charge is -2.09. The molecule has 3 aromatic carbocycles. The van der Waals surface area contributed by atoms with Crippen LogP contribution in [-0.4, -0.2) is 12.1 Å². The number of nitrogens with one attached hydrogen (secondary N) is 1. The first-order valence-electron chi connectivity index (χ1n) is 8.38. The van der Waals surface area contributed by atoms with Gasteiger partial charge in [0.15, 0.2) is 0 Å². The van der Waals surface area contributed by atoms with E-state index in [9.17, 15) is 4.79 Å². The van der Waals surface area contributed by atoms with E-state index >= 15 is 0 Å². The van der Waals surface area contributed by atoms with E-state index in [1.807, 2.05) is 79.7 Å². The molecule has 0 heterocycles. The minimum atomic E-state index is -0.243. The molecule has 0 spiro atoms. The van der Waals surface area contributed by atoms with Gasteiger partial charge in [0.2, 0.25) is 0 Å². The summed E-state index contributed by atoms with van der Waals surface area (Å²) in [6, 6.07) is 24.9. The zero-order valence-electron chi connectivity index (χ0n) is 14.6. The van der Waals surface area contributed by atoms with Crippen LogP contribution in [0.25, 0.3) is 0 Å². The SMILES string of the molecule is Cc1cccc(C(=O)NN=Cc2ccccc2OCc2ccccc2)c1. The van der Waals surface area contributed by atoms with Crippen molar-refractivity contribution in [1.82, 2.24) is 5.43 Å². The number of nitrogens with zero attached hydrogens (tertiary/aromatic N) is 1. The van der Waals surface area contributed by atoms with Crippen molar-refractivity contribution < 1.29 is 9.53 Å². The number of carbonyl (C=O) groups is 1. The Labute approximate surface area is 153 Å². The molecular weight excluding hydrogens is 324 g/mol. The molecule has 1 N–H and O–H groups in total. The van der Waals surface area contributed by atoms with Crippen molar-refractivity contribution in [2.45, 2.75) is 13.5 Å². The van der Waals surface area contributed by atoms with E-state index in [0.29, 0.717) is 17.9 Å². The summed E-state index contributed by atoms with van der Waals surface area (Å²) in [5.41, 5.74) is 6.05. The summed E-state index contributed by atoms with van der Waals surface area (Å²) in [5, 5.41) is 4.06. The van der Waals surface area contributed by atoms with Crippen LogP contribution in [0.4, 0.5) is 0 Å². The molecule has 0 aliphatic rings. The van der Waals surface area contributed by atoms with Crippen molar-refractivity contribution in [3.8, 4) is 5.75 Å². The third kappa shape index (κ3) is 4.80. The molecule has 4 heteroatoms. The minimum absolute atomic E-state index is 0.243. The summed E-state index contributed by atoms with van der Waals surface area (Å²) in [6.07, 6.45) is 1.59. The number of hydrogen-bond donors (Lipinski definition) is 1. The Morgan fingerprint density at radius 2 is 1.77 bits per heavy atom. The maximum absolute atomic E-state index is 12.1. The van der Waals surface area contributed by atoms with Gasteiger partial charge in [-0.25, -0.2) is 5.43 Å². The van der Waals surface area contributed by atoms with Gasteiger partial charge >= 0.3 is 0 Å². The zero-order chi connectivity index (χ0) is 18.2. The molecule has 0 aliphatic carbocycles. The van der Waals surface area contributed by atoms with E-state index in [0.717, 1.165) is 16.7 Å². The van der Waals surface area contributed by atoms with E-state index in [4.69, 9.17) is 4.74 Å². The number of aryl methyl sites for hydroxylation is 1. The summed E-state index contributed by atoms with van der Waals surface area (Å²) < 4.78 is 5.88. The standard InChI is InChI=1S/C22H20N2O2/c1-17-8-7-12-19(14-17)22(25)24-23-15-20-11-5-6-13-21(20)26-16-18-9-3-2-4-10-18/h2-15H,16H2,1H3,(H,24,25). The number of hydrazone groups is 1. The van der Waals surface area contributed by atoms with Gasteiger partial charge in [0.1, 0.15) is 12.4 Å². The summed E-state index contributed by atoms with van der Waals surface area (Å²) in [7, 11) is 0. The van der Waals surface area contributed by atoms with Crippen LogP contribution in [0.2, 0.25) is 0 Å². The molecular formula is C22H20N2O2. The monoisotopic (exact) mass is 344 g/mol. The van der Waals surface area contributed by atoms with Crippen LogP contribution in [-0.2, 0) is 6.61 Å². The predicted octanol–water partition coefficient (Wildman–Crippen LogP) is 4.34. The zero-order valence-corrected chi connectivity index (χ0v) is 14.6. The molecule has 0 bridgehead atoms. The summed E-state index contributed by atoms with van der Waals surface area (Å²) in [5.74, 6) is 0.470. The molecule has 0 fully saturated rings. The third-order valence-electron chi connectivity index (χ3n) is 3.81. The summed E-state index contributed by atoms with van der Waals surface area (Å²) >= 11 is 0. The average Bonchev–Trinajstić information content (AvgIpc) is 2.68. The van der Waals surface area contributed by atoms with Gasteiger partial charge in [-0.15, -0.1) is 0 Å². The number of ether oxygens (including phenoxy) is 1. The van der Waals surface area contributed by atoms with Crippen molar-refractivity contribution >= 4 is 12.1 Å². The molecule has 26 heavy (non-hydrogen) atoms. The number of benzene rings is 3. The molecule has 0 saturated carbocycles. The number of para-hydroxylation sites is 1. The van der Waals surface area contributed by atoms with Gasteiger partial charge < -0.3 is 4.74 Å². The second-order valence-electron chi connectivity index (χ2n) is 5.88. The lowest BCUT2D eigenvalue weighted by molar-refractivity contribution is 0.0955. The molecule has 3 aromatic rings. The van der Waals surface area contributed by atoms with Crippen molar-refractivity contribution in [2.75, 3.05) is 0 Å². The van der Waals surface area contributed by atoms with Crippen molar-refractivity contribution in [3.05, 3.63) is 101 Å². The highest BCUT2D eigenvalue weighted by atomic mass is 16.5. The Morgan fingerprint density at radius 3 is 2.58 bits per heavy atom. The van der Waals surface area contributed by atoms with Gasteiger partial charge in [-0.3, -0.25) is 4.79 Å². The van der Waals surface area contributed by atoms with Crippen LogP contribution in [0.5, 0.6) is 5.75 Å². The second-order valence-corrected chi connectivity index (χ2v) is 5.88. The molecule has 0 unspecified atom stereocenters. The molecule has 0 saturated heterocycles. The lowest BCUT2D eigenvalue weighted by Crippen LogP contribution is -2.17. The van der Waals surface area contributed by atoms with Crippen LogP contribution in [0.15, 0.2) is 84.0 Å². The summed E-state index contributed by atoms with van der Waals surface area (Å²) in [6.45, 7) is 2.42. The lowest BCUT2D eigenvalue weighted by atomic mass is 10.1. The Bertz CT molecular complexity index is 905. The molecule has 0 atom stereocenters. The van der Waals surface area contributed by atoms with Crippen molar-refractivity contribution in [3.63, 3.8) is 0 Å². The fourth-order valence-electron chi connectivity index (χ4n) is 2.47. The number of rotatable bonds is 6. The predicted molar refractivity (Wildman–Crippen MR) is 103 cm³/mol. The fraction of sp³-hybridized carbons (Fsp3) is 0.0909. The van der Waals surface area contributed by atoms with Crippen LogP contribution < -0.4 is 10.2 Å². The van der Waals surface area contributed by atoms with Gasteiger partial charge in [-0.2, -0.15) is 5.10 Å². The molecule has 0 aromatic heterocycles. The van der Waals surface area contributed by atoms with Crippen LogP contribution >= 0.6 is 0 Å². The maximum Gasteiger partial charge on any atom is 0.271 e. The third-order valence-corrected chi connectivity index (χ3v) is 3.81. The highest BCUT2D eigenvalue weighted by Crippen LogP contribution is 2.17. The fourth-order valence-corrected chi connectivity index (χ4v) is 2.47.